The van der Waals surface area contributed by atoms with Crippen molar-refractivity contribution in [1.29, 1.82) is 0 Å². The Morgan fingerprint density at radius 2 is 2.00 bits per heavy atom. The highest BCUT2D eigenvalue weighted by Gasteiger charge is 2.46. The van der Waals surface area contributed by atoms with Gasteiger partial charge in [-0.15, -0.1) is 0 Å². The molecular weight excluding hydrogens is 317 g/mol. The van der Waals surface area contributed by atoms with E-state index in [1.807, 2.05) is 12.1 Å². The Labute approximate surface area is 146 Å². The number of rotatable bonds is 1. The Kier molecular flexibility index (Phi) is 3.60. The first-order valence-corrected chi connectivity index (χ1v) is 8.43. The maximum atomic E-state index is 13.6. The van der Waals surface area contributed by atoms with Crippen molar-refractivity contribution in [3.63, 3.8) is 0 Å². The highest BCUT2D eigenvalue weighted by atomic mass is 19.1. The fraction of sp³-hybridized carbons (Fsp3) is 0.300. The van der Waals surface area contributed by atoms with Crippen molar-refractivity contribution in [2.45, 2.75) is 24.8 Å². The number of aliphatic imine (C=N–C) groups is 1. The van der Waals surface area contributed by atoms with E-state index >= 15 is 0 Å². The van der Waals surface area contributed by atoms with Crippen LogP contribution in [0.3, 0.4) is 0 Å². The van der Waals surface area contributed by atoms with Crippen molar-refractivity contribution in [3.05, 3.63) is 59.4 Å². The molecule has 1 aliphatic heterocycles. The smallest absolute Gasteiger partial charge is 0.231 e. The van der Waals surface area contributed by atoms with Gasteiger partial charge >= 0.3 is 0 Å². The maximum absolute atomic E-state index is 13.6. The molecule has 1 aliphatic carbocycles. The molecule has 1 atom stereocenters. The zero-order chi connectivity index (χ0) is 17.6. The molecule has 1 spiro atoms. The molecule has 25 heavy (non-hydrogen) atoms. The van der Waals surface area contributed by atoms with E-state index in [1.54, 1.807) is 25.1 Å². The lowest BCUT2D eigenvalue weighted by Gasteiger charge is -2.40. The lowest BCUT2D eigenvalue weighted by atomic mass is 9.85. The molecule has 1 heterocycles. The summed E-state index contributed by atoms with van der Waals surface area (Å²) in [5.74, 6) is 0.407. The Hall–Kier alpha value is -2.69. The minimum Gasteiger partial charge on any atom is -0.346 e. The number of aryl methyl sites for hydroxylation is 1. The summed E-state index contributed by atoms with van der Waals surface area (Å²) in [7, 11) is 3.42. The van der Waals surface area contributed by atoms with Gasteiger partial charge < -0.3 is 5.32 Å². The van der Waals surface area contributed by atoms with Gasteiger partial charge in [0.1, 0.15) is 5.82 Å². The fourth-order valence-corrected chi connectivity index (χ4v) is 3.93. The number of fused-ring (bicyclic) bond motifs is 2. The van der Waals surface area contributed by atoms with Gasteiger partial charge in [0.2, 0.25) is 11.9 Å². The van der Waals surface area contributed by atoms with Gasteiger partial charge in [0.25, 0.3) is 0 Å². The van der Waals surface area contributed by atoms with Gasteiger partial charge in [0, 0.05) is 14.1 Å². The quantitative estimate of drug-likeness (QED) is 0.869. The van der Waals surface area contributed by atoms with Crippen LogP contribution in [-0.4, -0.2) is 30.9 Å². The van der Waals surface area contributed by atoms with Crippen molar-refractivity contribution in [2.75, 3.05) is 14.1 Å². The Balaban J connectivity index is 1.80. The number of benzene rings is 2. The first-order chi connectivity index (χ1) is 12.0. The monoisotopic (exact) mass is 337 g/mol. The summed E-state index contributed by atoms with van der Waals surface area (Å²) in [6, 6.07) is 12.8. The van der Waals surface area contributed by atoms with E-state index in [2.05, 4.69) is 22.4 Å². The van der Waals surface area contributed by atoms with Crippen LogP contribution in [0.5, 0.6) is 0 Å². The zero-order valence-corrected chi connectivity index (χ0v) is 14.3. The highest BCUT2D eigenvalue weighted by molar-refractivity contribution is 6.00. The van der Waals surface area contributed by atoms with E-state index in [0.29, 0.717) is 12.4 Å². The summed E-state index contributed by atoms with van der Waals surface area (Å²) in [5.41, 5.74) is 3.74. The molecular formula is C20H20FN3O. The fourth-order valence-electron chi connectivity index (χ4n) is 3.93. The molecule has 1 amide bonds. The predicted molar refractivity (Wildman–Crippen MR) is 95.7 cm³/mol. The van der Waals surface area contributed by atoms with Crippen LogP contribution in [0.4, 0.5) is 4.39 Å². The second kappa shape index (κ2) is 5.69. The average molecular weight is 337 g/mol. The van der Waals surface area contributed by atoms with Crippen LogP contribution in [0, 0.1) is 5.82 Å². The molecule has 2 aliphatic rings. The van der Waals surface area contributed by atoms with Crippen molar-refractivity contribution in [2.24, 2.45) is 4.99 Å². The number of carbonyl (C=O) groups excluding carboxylic acids is 1. The lowest BCUT2D eigenvalue weighted by molar-refractivity contribution is -0.129. The van der Waals surface area contributed by atoms with Crippen LogP contribution in [-0.2, 0) is 16.8 Å². The topological polar surface area (TPSA) is 44.7 Å². The molecule has 0 bridgehead atoms. The van der Waals surface area contributed by atoms with E-state index < -0.39 is 5.54 Å². The predicted octanol–water partition coefficient (Wildman–Crippen LogP) is 3.07. The molecule has 5 heteroatoms. The van der Waals surface area contributed by atoms with Gasteiger partial charge in [0.05, 0.1) is 12.0 Å². The van der Waals surface area contributed by atoms with Crippen LogP contribution < -0.4 is 5.32 Å². The van der Waals surface area contributed by atoms with E-state index in [0.717, 1.165) is 29.5 Å². The van der Waals surface area contributed by atoms with Crippen LogP contribution in [0.2, 0.25) is 0 Å². The largest absolute Gasteiger partial charge is 0.346 e. The van der Waals surface area contributed by atoms with Crippen molar-refractivity contribution < 1.29 is 9.18 Å². The first kappa shape index (κ1) is 15.8. The maximum Gasteiger partial charge on any atom is 0.231 e. The summed E-state index contributed by atoms with van der Waals surface area (Å²) in [6.45, 7) is 0. The second-order valence-corrected chi connectivity index (χ2v) is 6.77. The number of hydrogen-bond acceptors (Lipinski definition) is 2. The summed E-state index contributed by atoms with van der Waals surface area (Å²) in [5, 5.41) is 3.49. The summed E-state index contributed by atoms with van der Waals surface area (Å²) < 4.78 is 13.6. The van der Waals surface area contributed by atoms with E-state index in [4.69, 9.17) is 0 Å². The molecule has 128 valence electrons. The van der Waals surface area contributed by atoms with Gasteiger partial charge in [-0.25, -0.2) is 4.39 Å². The van der Waals surface area contributed by atoms with Crippen LogP contribution in [0.15, 0.2) is 47.5 Å². The van der Waals surface area contributed by atoms with Crippen LogP contribution >= 0.6 is 0 Å². The van der Waals surface area contributed by atoms with Crippen molar-refractivity contribution >= 4 is 11.9 Å². The molecule has 2 aromatic rings. The van der Waals surface area contributed by atoms with E-state index in [1.165, 1.54) is 17.7 Å². The zero-order valence-electron chi connectivity index (χ0n) is 14.3. The number of guanidine groups is 1. The van der Waals surface area contributed by atoms with Gasteiger partial charge in [-0.3, -0.25) is 14.7 Å². The minimum atomic E-state index is -0.420. The average Bonchev–Trinajstić information content (AvgIpc) is 2.96. The normalized spacial score (nSPS) is 23.9. The number of halogens is 1. The van der Waals surface area contributed by atoms with Crippen molar-refractivity contribution in [1.82, 2.24) is 10.2 Å². The standard InChI is InChI=1S/C20H20FN3O/c1-22-19-23-20(12-18(25)24(19)2)9-8-13-6-7-15(11-17(13)20)14-4-3-5-16(21)10-14/h3-7,10-11H,8-9,12H2,1-2H3,(H,22,23)/t20-/m0/s1. The second-order valence-electron chi connectivity index (χ2n) is 6.77. The molecule has 0 aromatic heterocycles. The number of amides is 1. The summed E-state index contributed by atoms with van der Waals surface area (Å²) in [6.07, 6.45) is 2.18. The van der Waals surface area contributed by atoms with Gasteiger partial charge in [-0.2, -0.15) is 0 Å². The molecule has 1 fully saturated rings. The number of nitrogens with one attached hydrogen (secondary N) is 1. The third-order valence-electron chi connectivity index (χ3n) is 5.31. The molecule has 4 nitrogen and oxygen atoms in total. The van der Waals surface area contributed by atoms with Crippen LogP contribution in [0.25, 0.3) is 11.1 Å². The molecule has 2 aromatic carbocycles. The number of nitrogens with zero attached hydrogens (tertiary/aromatic N) is 2. The molecule has 0 radical (unpaired) electrons. The molecule has 0 unspecified atom stereocenters. The summed E-state index contributed by atoms with van der Waals surface area (Å²) in [4.78, 5) is 18.3. The molecule has 4 rings (SSSR count). The van der Waals surface area contributed by atoms with Gasteiger partial charge in [0.15, 0.2) is 0 Å². The lowest BCUT2D eigenvalue weighted by Crippen LogP contribution is -2.59. The Morgan fingerprint density at radius 1 is 1.20 bits per heavy atom. The van der Waals surface area contributed by atoms with E-state index in [-0.39, 0.29) is 11.7 Å². The van der Waals surface area contributed by atoms with Gasteiger partial charge in [-0.05, 0) is 53.3 Å². The molecule has 1 N–H and O–H groups in total. The Bertz CT molecular complexity index is 892. The number of carbonyl (C=O) groups is 1. The molecule has 0 saturated carbocycles. The molecule has 1 saturated heterocycles. The SMILES string of the molecule is CN=C1N[C@@]2(CCc3ccc(-c4cccc(F)c4)cc32)CC(=O)N1C. The van der Waals surface area contributed by atoms with E-state index in [9.17, 15) is 9.18 Å². The number of hydrogen-bond donors (Lipinski definition) is 1. The highest BCUT2D eigenvalue weighted by Crippen LogP contribution is 2.43. The van der Waals surface area contributed by atoms with Gasteiger partial charge in [-0.1, -0.05) is 24.3 Å². The minimum absolute atomic E-state index is 0.0587. The van der Waals surface area contributed by atoms with Crippen molar-refractivity contribution in [3.8, 4) is 11.1 Å². The third-order valence-corrected chi connectivity index (χ3v) is 5.31. The summed E-state index contributed by atoms with van der Waals surface area (Å²) >= 11 is 0. The third kappa shape index (κ3) is 2.51. The Morgan fingerprint density at radius 3 is 2.76 bits per heavy atom. The van der Waals surface area contributed by atoms with Crippen LogP contribution in [0.1, 0.15) is 24.0 Å². The first-order valence-electron chi connectivity index (χ1n) is 8.43.